The lowest BCUT2D eigenvalue weighted by atomic mass is 10.2. The molecule has 0 aliphatic rings. The van der Waals surface area contributed by atoms with Crippen LogP contribution in [0.1, 0.15) is 0 Å². The lowest BCUT2D eigenvalue weighted by Crippen LogP contribution is -2.24. The number of hydrogen-bond acceptors (Lipinski definition) is 8. The Balaban J connectivity index is 1.54. The van der Waals surface area contributed by atoms with Crippen LogP contribution in [0.2, 0.25) is 5.02 Å². The quantitative estimate of drug-likeness (QED) is 0.372. The standard InChI is InChI=1S/C21H19ClN2O8S/c1-24(2)33(28,29)18-9-14(5-7-16(18)22)23-19(25)11-31-21(27)12-30-15-6-3-13-4-8-20(26)32-17(13)10-15/h3-10H,11-12H2,1-2H3,(H,23,25). The minimum atomic E-state index is -3.82. The van der Waals surface area contributed by atoms with E-state index in [2.05, 4.69) is 5.32 Å². The van der Waals surface area contributed by atoms with Crippen molar-refractivity contribution in [3.8, 4) is 5.75 Å². The number of sulfonamides is 1. The molecule has 174 valence electrons. The average molecular weight is 495 g/mol. The molecule has 0 bridgehead atoms. The molecule has 3 rings (SSSR count). The van der Waals surface area contributed by atoms with Gasteiger partial charge in [-0.25, -0.2) is 22.3 Å². The maximum absolute atomic E-state index is 12.3. The molecule has 1 aromatic heterocycles. The van der Waals surface area contributed by atoms with Gasteiger partial charge in [0, 0.05) is 37.3 Å². The number of carbonyl (C=O) groups excluding carboxylic acids is 2. The van der Waals surface area contributed by atoms with Crippen molar-refractivity contribution in [2.75, 3.05) is 32.6 Å². The second kappa shape index (κ2) is 10.0. The average Bonchev–Trinajstić information content (AvgIpc) is 2.77. The van der Waals surface area contributed by atoms with Crippen LogP contribution >= 0.6 is 11.6 Å². The molecule has 0 saturated heterocycles. The molecule has 0 unspecified atom stereocenters. The van der Waals surface area contributed by atoms with E-state index in [0.29, 0.717) is 11.0 Å². The van der Waals surface area contributed by atoms with Gasteiger partial charge in [0.05, 0.1) is 5.02 Å². The van der Waals surface area contributed by atoms with E-state index in [-0.39, 0.29) is 21.4 Å². The maximum atomic E-state index is 12.3. The summed E-state index contributed by atoms with van der Waals surface area (Å²) in [5.41, 5.74) is -0.0571. The third-order valence-electron chi connectivity index (χ3n) is 4.29. The van der Waals surface area contributed by atoms with Gasteiger partial charge in [0.15, 0.2) is 13.2 Å². The topological polar surface area (TPSA) is 132 Å². The molecule has 0 fully saturated rings. The lowest BCUT2D eigenvalue weighted by molar-refractivity contribution is -0.149. The Hall–Kier alpha value is -3.41. The fourth-order valence-electron chi connectivity index (χ4n) is 2.63. The zero-order valence-corrected chi connectivity index (χ0v) is 19.1. The first-order valence-corrected chi connectivity index (χ1v) is 11.2. The van der Waals surface area contributed by atoms with E-state index in [1.807, 2.05) is 0 Å². The highest BCUT2D eigenvalue weighted by atomic mass is 35.5. The summed E-state index contributed by atoms with van der Waals surface area (Å²) in [5, 5.41) is 3.12. The Morgan fingerprint density at radius 3 is 2.52 bits per heavy atom. The Labute approximate surface area is 193 Å². The number of esters is 1. The molecule has 3 aromatic rings. The van der Waals surface area contributed by atoms with Gasteiger partial charge in [-0.1, -0.05) is 11.6 Å². The Morgan fingerprint density at radius 2 is 1.79 bits per heavy atom. The van der Waals surface area contributed by atoms with Crippen LogP contribution in [0.15, 0.2) is 62.6 Å². The van der Waals surface area contributed by atoms with Gasteiger partial charge in [-0.2, -0.15) is 0 Å². The summed E-state index contributed by atoms with van der Waals surface area (Å²) in [6, 6.07) is 11.5. The van der Waals surface area contributed by atoms with Gasteiger partial charge in [-0.3, -0.25) is 4.79 Å². The first-order valence-electron chi connectivity index (χ1n) is 9.40. The predicted octanol–water partition coefficient (Wildman–Crippen LogP) is 2.26. The first kappa shape index (κ1) is 24.2. The predicted molar refractivity (Wildman–Crippen MR) is 120 cm³/mol. The molecule has 1 heterocycles. The van der Waals surface area contributed by atoms with Crippen molar-refractivity contribution in [1.82, 2.24) is 4.31 Å². The van der Waals surface area contributed by atoms with Gasteiger partial charge in [-0.05, 0) is 36.4 Å². The SMILES string of the molecule is CN(C)S(=O)(=O)c1cc(NC(=O)COC(=O)COc2ccc3ccc(=O)oc3c2)ccc1Cl. The van der Waals surface area contributed by atoms with Crippen molar-refractivity contribution >= 4 is 50.2 Å². The summed E-state index contributed by atoms with van der Waals surface area (Å²) in [5.74, 6) is -1.23. The number of fused-ring (bicyclic) bond motifs is 1. The van der Waals surface area contributed by atoms with E-state index >= 15 is 0 Å². The Kier molecular flexibility index (Phi) is 7.36. The molecule has 10 nitrogen and oxygen atoms in total. The van der Waals surface area contributed by atoms with Crippen LogP contribution in [0.4, 0.5) is 5.69 Å². The Morgan fingerprint density at radius 1 is 1.06 bits per heavy atom. The van der Waals surface area contributed by atoms with Crippen molar-refractivity contribution in [2.45, 2.75) is 4.90 Å². The molecule has 0 saturated carbocycles. The fourth-order valence-corrected chi connectivity index (χ4v) is 4.03. The largest absolute Gasteiger partial charge is 0.482 e. The lowest BCUT2D eigenvalue weighted by Gasteiger charge is -2.14. The zero-order chi connectivity index (χ0) is 24.2. The van der Waals surface area contributed by atoms with Gasteiger partial charge in [0.2, 0.25) is 10.0 Å². The van der Waals surface area contributed by atoms with Crippen molar-refractivity contribution < 1.29 is 31.9 Å². The number of hydrogen-bond donors (Lipinski definition) is 1. The number of nitrogens with zero attached hydrogens (tertiary/aromatic N) is 1. The normalized spacial score (nSPS) is 11.4. The summed E-state index contributed by atoms with van der Waals surface area (Å²) in [6.45, 7) is -1.10. The van der Waals surface area contributed by atoms with Crippen LogP contribution < -0.4 is 15.7 Å². The monoisotopic (exact) mass is 494 g/mol. The number of nitrogens with one attached hydrogen (secondary N) is 1. The molecule has 0 aliphatic carbocycles. The third-order valence-corrected chi connectivity index (χ3v) is 6.59. The van der Waals surface area contributed by atoms with E-state index in [1.54, 1.807) is 18.2 Å². The smallest absolute Gasteiger partial charge is 0.344 e. The Bertz CT molecular complexity index is 1370. The third kappa shape index (κ3) is 6.09. The summed E-state index contributed by atoms with van der Waals surface area (Å²) in [4.78, 5) is 35.1. The summed E-state index contributed by atoms with van der Waals surface area (Å²) in [6.07, 6.45) is 0. The van der Waals surface area contributed by atoms with E-state index < -0.39 is 40.7 Å². The number of amides is 1. The molecule has 0 radical (unpaired) electrons. The molecule has 1 amide bonds. The summed E-state index contributed by atoms with van der Waals surface area (Å²) < 4.78 is 40.8. The molecule has 12 heteroatoms. The highest BCUT2D eigenvalue weighted by Gasteiger charge is 2.21. The minimum absolute atomic E-state index is 0.00163. The molecule has 1 N–H and O–H groups in total. The van der Waals surface area contributed by atoms with Crippen molar-refractivity contribution in [2.24, 2.45) is 0 Å². The minimum Gasteiger partial charge on any atom is -0.482 e. The molecular formula is C21H19ClN2O8S. The van der Waals surface area contributed by atoms with Crippen molar-refractivity contribution in [3.05, 3.63) is 64.0 Å². The number of carbonyl (C=O) groups is 2. The zero-order valence-electron chi connectivity index (χ0n) is 17.5. The fraction of sp³-hybridized carbons (Fsp3) is 0.190. The number of halogens is 1. The van der Waals surface area contributed by atoms with Crippen LogP contribution in [0, 0.1) is 0 Å². The van der Waals surface area contributed by atoms with E-state index in [4.69, 9.17) is 25.5 Å². The van der Waals surface area contributed by atoms with Crippen molar-refractivity contribution in [3.63, 3.8) is 0 Å². The molecule has 0 spiro atoms. The highest BCUT2D eigenvalue weighted by Crippen LogP contribution is 2.26. The van der Waals surface area contributed by atoms with Crippen molar-refractivity contribution in [1.29, 1.82) is 0 Å². The van der Waals surface area contributed by atoms with E-state index in [1.165, 1.54) is 44.4 Å². The maximum Gasteiger partial charge on any atom is 0.344 e. The van der Waals surface area contributed by atoms with Crippen LogP contribution in [-0.2, 0) is 24.3 Å². The highest BCUT2D eigenvalue weighted by molar-refractivity contribution is 7.89. The molecule has 0 atom stereocenters. The van der Waals surface area contributed by atoms with Gasteiger partial charge in [0.25, 0.3) is 5.91 Å². The molecular weight excluding hydrogens is 476 g/mol. The first-order chi connectivity index (χ1) is 15.6. The van der Waals surface area contributed by atoms with E-state index in [9.17, 15) is 22.8 Å². The number of anilines is 1. The van der Waals surface area contributed by atoms with Crippen LogP contribution in [0.3, 0.4) is 0 Å². The summed E-state index contributed by atoms with van der Waals surface area (Å²) >= 11 is 5.97. The summed E-state index contributed by atoms with van der Waals surface area (Å²) in [7, 11) is -1.11. The molecule has 33 heavy (non-hydrogen) atoms. The molecule has 0 aliphatic heterocycles. The van der Waals surface area contributed by atoms with Gasteiger partial charge in [0.1, 0.15) is 16.2 Å². The number of benzene rings is 2. The number of ether oxygens (including phenoxy) is 2. The van der Waals surface area contributed by atoms with E-state index in [0.717, 1.165) is 4.31 Å². The van der Waals surface area contributed by atoms with Gasteiger partial charge < -0.3 is 19.2 Å². The second-order valence-corrected chi connectivity index (χ2v) is 9.41. The second-order valence-electron chi connectivity index (χ2n) is 6.88. The van der Waals surface area contributed by atoms with Crippen LogP contribution in [0.5, 0.6) is 5.75 Å². The molecule has 2 aromatic carbocycles. The van der Waals surface area contributed by atoms with Crippen LogP contribution in [-0.4, -0.2) is 51.9 Å². The number of rotatable bonds is 8. The van der Waals surface area contributed by atoms with Gasteiger partial charge >= 0.3 is 11.6 Å². The van der Waals surface area contributed by atoms with Crippen LogP contribution in [0.25, 0.3) is 11.0 Å². The van der Waals surface area contributed by atoms with Gasteiger partial charge in [-0.15, -0.1) is 0 Å².